The molecule has 0 nitrogen and oxygen atoms in total. The molecule has 2 heteroatoms. The third kappa shape index (κ3) is 1.40. The SMILES string of the molecule is Cc1ccc2c(c1)sc1cccc(Br)c12. The van der Waals surface area contributed by atoms with Crippen molar-refractivity contribution in [3.05, 3.63) is 46.4 Å². The van der Waals surface area contributed by atoms with Crippen LogP contribution in [-0.4, -0.2) is 0 Å². The molecule has 1 aromatic heterocycles. The number of thiophene rings is 1. The minimum absolute atomic E-state index is 1.19. The zero-order chi connectivity index (χ0) is 10.4. The second-order valence-corrected chi connectivity index (χ2v) is 5.65. The number of rotatable bonds is 0. The Hall–Kier alpha value is -0.860. The van der Waals surface area contributed by atoms with E-state index in [1.165, 1.54) is 30.2 Å². The van der Waals surface area contributed by atoms with Gasteiger partial charge >= 0.3 is 0 Å². The van der Waals surface area contributed by atoms with Crippen LogP contribution in [0, 0.1) is 6.92 Å². The van der Waals surface area contributed by atoms with Gasteiger partial charge in [-0.3, -0.25) is 0 Å². The average Bonchev–Trinajstić information content (AvgIpc) is 2.56. The summed E-state index contributed by atoms with van der Waals surface area (Å²) in [7, 11) is 0. The Morgan fingerprint density at radius 2 is 1.93 bits per heavy atom. The number of hydrogen-bond acceptors (Lipinski definition) is 1. The summed E-state index contributed by atoms with van der Waals surface area (Å²) in [5.74, 6) is 0. The molecule has 0 radical (unpaired) electrons. The molecule has 0 aliphatic carbocycles. The van der Waals surface area contributed by atoms with E-state index in [1.807, 2.05) is 11.3 Å². The zero-order valence-electron chi connectivity index (χ0n) is 8.25. The average molecular weight is 277 g/mol. The second-order valence-electron chi connectivity index (χ2n) is 3.71. The number of aryl methyl sites for hydroxylation is 1. The lowest BCUT2D eigenvalue weighted by atomic mass is 10.1. The van der Waals surface area contributed by atoms with Crippen LogP contribution in [0.25, 0.3) is 20.2 Å². The number of benzene rings is 2. The Morgan fingerprint density at radius 1 is 1.07 bits per heavy atom. The van der Waals surface area contributed by atoms with Crippen molar-refractivity contribution in [2.24, 2.45) is 0 Å². The second kappa shape index (κ2) is 3.32. The smallest absolute Gasteiger partial charge is 0.0366 e. The molecule has 0 aliphatic rings. The Morgan fingerprint density at radius 3 is 2.80 bits per heavy atom. The number of halogens is 1. The molecule has 2 aromatic carbocycles. The molecule has 0 N–H and O–H groups in total. The largest absolute Gasteiger partial charge is 0.135 e. The fourth-order valence-corrected chi connectivity index (χ4v) is 3.83. The molecule has 0 spiro atoms. The fraction of sp³-hybridized carbons (Fsp3) is 0.0769. The molecular formula is C13H9BrS. The molecule has 0 saturated carbocycles. The Kier molecular flexibility index (Phi) is 2.08. The van der Waals surface area contributed by atoms with Crippen LogP contribution in [0.15, 0.2) is 40.9 Å². The summed E-state index contributed by atoms with van der Waals surface area (Å²) < 4.78 is 3.91. The molecule has 74 valence electrons. The van der Waals surface area contributed by atoms with Crippen molar-refractivity contribution in [2.45, 2.75) is 6.92 Å². The quantitative estimate of drug-likeness (QED) is 0.534. The summed E-state index contributed by atoms with van der Waals surface area (Å²) in [5, 5.41) is 2.70. The molecule has 0 fully saturated rings. The molecule has 15 heavy (non-hydrogen) atoms. The Balaban J connectivity index is 2.59. The summed E-state index contributed by atoms with van der Waals surface area (Å²) in [4.78, 5) is 0. The van der Waals surface area contributed by atoms with E-state index in [1.54, 1.807) is 0 Å². The van der Waals surface area contributed by atoms with Crippen molar-refractivity contribution < 1.29 is 0 Å². The summed E-state index contributed by atoms with van der Waals surface area (Å²) in [6.07, 6.45) is 0. The highest BCUT2D eigenvalue weighted by atomic mass is 79.9. The summed E-state index contributed by atoms with van der Waals surface area (Å²) >= 11 is 5.48. The zero-order valence-corrected chi connectivity index (χ0v) is 10.7. The van der Waals surface area contributed by atoms with E-state index in [4.69, 9.17) is 0 Å². The first-order chi connectivity index (χ1) is 7.25. The lowest BCUT2D eigenvalue weighted by Crippen LogP contribution is -1.70. The van der Waals surface area contributed by atoms with E-state index in [9.17, 15) is 0 Å². The molecule has 3 aromatic rings. The van der Waals surface area contributed by atoms with Crippen LogP contribution in [0.5, 0.6) is 0 Å². The first-order valence-electron chi connectivity index (χ1n) is 4.83. The normalized spacial score (nSPS) is 11.3. The van der Waals surface area contributed by atoms with Gasteiger partial charge in [0.15, 0.2) is 0 Å². The van der Waals surface area contributed by atoms with Gasteiger partial charge in [-0.05, 0) is 30.7 Å². The van der Waals surface area contributed by atoms with Gasteiger partial charge in [0.2, 0.25) is 0 Å². The molecule has 0 bridgehead atoms. The van der Waals surface area contributed by atoms with Gasteiger partial charge in [-0.25, -0.2) is 0 Å². The minimum atomic E-state index is 1.19. The molecule has 0 aliphatic heterocycles. The van der Waals surface area contributed by atoms with Crippen LogP contribution in [0.1, 0.15) is 5.56 Å². The third-order valence-corrected chi connectivity index (χ3v) is 4.38. The van der Waals surface area contributed by atoms with E-state index >= 15 is 0 Å². The Bertz CT molecular complexity index is 652. The molecule has 0 amide bonds. The third-order valence-electron chi connectivity index (χ3n) is 2.60. The summed E-state index contributed by atoms with van der Waals surface area (Å²) in [6.45, 7) is 2.14. The number of fused-ring (bicyclic) bond motifs is 3. The highest BCUT2D eigenvalue weighted by Gasteiger charge is 2.06. The van der Waals surface area contributed by atoms with Gasteiger partial charge in [0.1, 0.15) is 0 Å². The maximum atomic E-state index is 3.62. The lowest BCUT2D eigenvalue weighted by molar-refractivity contribution is 1.52. The van der Waals surface area contributed by atoms with Gasteiger partial charge < -0.3 is 0 Å². The highest BCUT2D eigenvalue weighted by molar-refractivity contribution is 9.10. The van der Waals surface area contributed by atoms with E-state index in [2.05, 4.69) is 59.3 Å². The monoisotopic (exact) mass is 276 g/mol. The van der Waals surface area contributed by atoms with Gasteiger partial charge in [0.25, 0.3) is 0 Å². The van der Waals surface area contributed by atoms with Crippen molar-refractivity contribution in [1.82, 2.24) is 0 Å². The number of hydrogen-bond donors (Lipinski definition) is 0. The van der Waals surface area contributed by atoms with Crippen LogP contribution < -0.4 is 0 Å². The van der Waals surface area contributed by atoms with Crippen molar-refractivity contribution in [3.8, 4) is 0 Å². The highest BCUT2D eigenvalue weighted by Crippen LogP contribution is 2.38. The van der Waals surface area contributed by atoms with Crippen LogP contribution in [0.4, 0.5) is 0 Å². The predicted molar refractivity (Wildman–Crippen MR) is 71.8 cm³/mol. The van der Waals surface area contributed by atoms with E-state index in [0.717, 1.165) is 0 Å². The van der Waals surface area contributed by atoms with Crippen LogP contribution in [0.2, 0.25) is 0 Å². The van der Waals surface area contributed by atoms with Crippen LogP contribution in [-0.2, 0) is 0 Å². The topological polar surface area (TPSA) is 0 Å². The van der Waals surface area contributed by atoms with Gasteiger partial charge in [-0.15, -0.1) is 11.3 Å². The summed E-state index contributed by atoms with van der Waals surface area (Å²) in [6, 6.07) is 13.0. The maximum absolute atomic E-state index is 3.62. The molecule has 0 unspecified atom stereocenters. The van der Waals surface area contributed by atoms with Crippen molar-refractivity contribution >= 4 is 47.4 Å². The van der Waals surface area contributed by atoms with E-state index in [0.29, 0.717) is 0 Å². The molecular weight excluding hydrogens is 268 g/mol. The summed E-state index contributed by atoms with van der Waals surface area (Å²) in [5.41, 5.74) is 1.32. The Labute approximate surface area is 101 Å². The van der Waals surface area contributed by atoms with Crippen LogP contribution >= 0.6 is 27.3 Å². The lowest BCUT2D eigenvalue weighted by Gasteiger charge is -1.95. The van der Waals surface area contributed by atoms with Gasteiger partial charge in [-0.1, -0.05) is 34.1 Å². The molecule has 3 rings (SSSR count). The van der Waals surface area contributed by atoms with Crippen molar-refractivity contribution in [3.63, 3.8) is 0 Å². The van der Waals surface area contributed by atoms with Crippen molar-refractivity contribution in [1.29, 1.82) is 0 Å². The van der Waals surface area contributed by atoms with Crippen molar-refractivity contribution in [2.75, 3.05) is 0 Å². The first kappa shape index (κ1) is 9.37. The molecule has 0 atom stereocenters. The predicted octanol–water partition coefficient (Wildman–Crippen LogP) is 5.13. The van der Waals surface area contributed by atoms with Gasteiger partial charge in [-0.2, -0.15) is 0 Å². The first-order valence-corrected chi connectivity index (χ1v) is 6.44. The molecule has 1 heterocycles. The molecule has 0 saturated heterocycles. The maximum Gasteiger partial charge on any atom is 0.0366 e. The van der Waals surface area contributed by atoms with Crippen LogP contribution in [0.3, 0.4) is 0 Å². The van der Waals surface area contributed by atoms with Gasteiger partial charge in [0, 0.05) is 24.6 Å². The van der Waals surface area contributed by atoms with Gasteiger partial charge in [0.05, 0.1) is 0 Å². The van der Waals surface area contributed by atoms with E-state index < -0.39 is 0 Å². The van der Waals surface area contributed by atoms with E-state index in [-0.39, 0.29) is 0 Å². The minimum Gasteiger partial charge on any atom is -0.135 e. The standard InChI is InChI=1S/C13H9BrS/c1-8-5-6-9-12(7-8)15-11-4-2-3-10(14)13(9)11/h2-7H,1H3. The fourth-order valence-electron chi connectivity index (χ4n) is 1.89.